The summed E-state index contributed by atoms with van der Waals surface area (Å²) in [7, 11) is -2.92. The molecule has 0 aliphatic rings. The summed E-state index contributed by atoms with van der Waals surface area (Å²) in [5.41, 5.74) is 0. The van der Waals surface area contributed by atoms with E-state index in [1.54, 1.807) is 0 Å². The quantitative estimate of drug-likeness (QED) is 0.359. The molecule has 0 bridgehead atoms. The van der Waals surface area contributed by atoms with Crippen molar-refractivity contribution < 1.29 is 51.0 Å². The van der Waals surface area contributed by atoms with E-state index in [2.05, 4.69) is 0 Å². The van der Waals surface area contributed by atoms with Crippen LogP contribution in [0.15, 0.2) is 0 Å². The van der Waals surface area contributed by atoms with Crippen LogP contribution in [0, 0.1) is 0 Å². The summed E-state index contributed by atoms with van der Waals surface area (Å²) in [4.78, 5) is 0. The Hall–Kier alpha value is 0.981. The first-order valence-corrected chi connectivity index (χ1v) is 0.707. The van der Waals surface area contributed by atoms with E-state index in [0.717, 1.165) is 0 Å². The molecule has 0 fully saturated rings. The molecule has 0 aromatic carbocycles. The Morgan fingerprint density at radius 1 is 0.778 bits per heavy atom. The van der Waals surface area contributed by atoms with Crippen molar-refractivity contribution in [3.05, 3.63) is 0 Å². The molecule has 0 atom stereocenters. The minimum atomic E-state index is -2.92. The summed E-state index contributed by atoms with van der Waals surface area (Å²) in [6, 6.07) is 0. The van der Waals surface area contributed by atoms with Crippen molar-refractivity contribution in [2.24, 2.45) is 0 Å². The molecule has 0 aliphatic carbocycles. The molecule has 6 nitrogen and oxygen atoms in total. The Morgan fingerprint density at radius 3 is 0.778 bits per heavy atom. The monoisotopic (exact) mass is 204 g/mol. The van der Waals surface area contributed by atoms with Gasteiger partial charge in [-0.05, 0) is 0 Å². The summed E-state index contributed by atoms with van der Waals surface area (Å²) in [5, 5.41) is 25.2. The molecule has 6 N–H and O–H groups in total. The van der Waals surface area contributed by atoms with Crippen LogP contribution in [0.1, 0.15) is 0 Å². The van der Waals surface area contributed by atoms with Crippen LogP contribution in [-0.2, 0) is 19.5 Å². The third-order valence-electron chi connectivity index (χ3n) is 0. The van der Waals surface area contributed by atoms with Gasteiger partial charge < -0.3 is 31.5 Å². The second-order valence-corrected chi connectivity index (χ2v) is 0.289. The van der Waals surface area contributed by atoms with Crippen LogP contribution in [0.5, 0.6) is 0 Å². The van der Waals surface area contributed by atoms with E-state index in [-0.39, 0.29) is 53.3 Å². The van der Waals surface area contributed by atoms with Crippen molar-refractivity contribution in [3.8, 4) is 0 Å². The molecule has 0 aliphatic heterocycles. The Morgan fingerprint density at radius 2 is 0.778 bits per heavy atom. The fourth-order valence-electron chi connectivity index (χ4n) is 0. The predicted octanol–water partition coefficient (Wildman–Crippen LogP) is -6.81. The summed E-state index contributed by atoms with van der Waals surface area (Å²) >= 11 is 0. The third-order valence-corrected chi connectivity index (χ3v) is 0. The summed E-state index contributed by atoms with van der Waals surface area (Å²) < 4.78 is 0. The molecule has 0 saturated heterocycles. The maximum absolute atomic E-state index is 8.42. The summed E-state index contributed by atoms with van der Waals surface area (Å²) in [5.74, 6) is 0. The maximum atomic E-state index is 8.42. The molecule has 0 radical (unpaired) electrons. The molecule has 0 spiro atoms. The summed E-state index contributed by atoms with van der Waals surface area (Å²) in [6.07, 6.45) is 0. The van der Waals surface area contributed by atoms with E-state index >= 15 is 0 Å². The van der Waals surface area contributed by atoms with Crippen molar-refractivity contribution in [1.29, 1.82) is 0 Å². The largest absolute Gasteiger partial charge is 3.00 e. The first-order valence-electron chi connectivity index (χ1n) is 0.707. The van der Waals surface area contributed by atoms with Gasteiger partial charge in [0.25, 0.3) is 0 Å². The van der Waals surface area contributed by atoms with Crippen molar-refractivity contribution in [3.63, 3.8) is 0 Å². The van der Waals surface area contributed by atoms with Gasteiger partial charge in [-0.1, -0.05) is 0 Å². The van der Waals surface area contributed by atoms with Gasteiger partial charge in [-0.3, -0.25) is 7.32 Å². The Kier molecular flexibility index (Phi) is 204. The Balaban J connectivity index is -0.00000000450. The average molecular weight is 205 g/mol. The van der Waals surface area contributed by atoms with Gasteiger partial charge >= 0.3 is 36.8 Å². The Bertz CT molecular complexity index is 17.8. The van der Waals surface area contributed by atoms with E-state index < -0.39 is 7.32 Å². The molecule has 0 heterocycles. The Labute approximate surface area is 75.9 Å². The van der Waals surface area contributed by atoms with Gasteiger partial charge in [-0.2, -0.15) is 0 Å². The SMILES string of the molecule is O.O.O.[Al+3].[O-]B([O-])[O-].[Zn+2]. The molecule has 0 amide bonds. The zero-order valence-corrected chi connectivity index (χ0v) is 8.71. The standard InChI is InChI=1S/Al.BO3.3H2O.Zn/c;2-1(3)4;;;;/h;;3*1H2;/q+3;-3;;;;+2. The second kappa shape index (κ2) is 36.1. The van der Waals surface area contributed by atoms with E-state index in [0.29, 0.717) is 0 Å². The van der Waals surface area contributed by atoms with Gasteiger partial charge in [0.1, 0.15) is 0 Å². The van der Waals surface area contributed by atoms with E-state index in [1.165, 1.54) is 0 Å². The fourth-order valence-corrected chi connectivity index (χ4v) is 0. The number of hydrogen-bond acceptors (Lipinski definition) is 3. The third kappa shape index (κ3) is 455. The first kappa shape index (κ1) is 50.8. The van der Waals surface area contributed by atoms with Gasteiger partial charge in [-0.25, -0.2) is 0 Å². The van der Waals surface area contributed by atoms with Gasteiger partial charge in [0.2, 0.25) is 0 Å². The second-order valence-electron chi connectivity index (χ2n) is 0.289. The first-order chi connectivity index (χ1) is 1.73. The summed E-state index contributed by atoms with van der Waals surface area (Å²) in [6.45, 7) is 0. The zero-order valence-electron chi connectivity index (χ0n) is 4.59. The average Bonchev–Trinajstić information content (AvgIpc) is 0.811. The van der Waals surface area contributed by atoms with E-state index in [4.69, 9.17) is 15.1 Å². The topological polar surface area (TPSA) is 164 Å². The normalized spacial score (nSPS) is 3.00. The van der Waals surface area contributed by atoms with Crippen LogP contribution in [0.3, 0.4) is 0 Å². The smallest absolute Gasteiger partial charge is 0.907 e. The van der Waals surface area contributed by atoms with Crippen molar-refractivity contribution in [2.45, 2.75) is 0 Å². The van der Waals surface area contributed by atoms with Crippen LogP contribution in [0.2, 0.25) is 0 Å². The molecule has 0 rings (SSSR count). The fraction of sp³-hybridized carbons (Fsp3) is 0. The molecule has 48 valence electrons. The molecule has 0 aromatic rings. The number of hydrogen-bond donors (Lipinski definition) is 0. The molecule has 9 heteroatoms. The van der Waals surface area contributed by atoms with Crippen molar-refractivity contribution in [1.82, 2.24) is 0 Å². The molecule has 0 saturated carbocycles. The van der Waals surface area contributed by atoms with Crippen LogP contribution >= 0.6 is 0 Å². The van der Waals surface area contributed by atoms with Gasteiger partial charge in [0.15, 0.2) is 0 Å². The van der Waals surface area contributed by atoms with E-state index in [9.17, 15) is 0 Å². The van der Waals surface area contributed by atoms with Gasteiger partial charge in [0.05, 0.1) is 0 Å². The van der Waals surface area contributed by atoms with Crippen LogP contribution in [0.25, 0.3) is 0 Å². The molecular weight excluding hydrogens is 199 g/mol. The van der Waals surface area contributed by atoms with Crippen LogP contribution in [0.4, 0.5) is 0 Å². The van der Waals surface area contributed by atoms with Crippen molar-refractivity contribution >= 4 is 24.7 Å². The zero-order chi connectivity index (χ0) is 3.58. The molecule has 0 unspecified atom stereocenters. The molecular formula is H6AlBO6Zn+2. The minimum Gasteiger partial charge on any atom is -0.907 e. The number of rotatable bonds is 0. The maximum Gasteiger partial charge on any atom is 3.00 e. The van der Waals surface area contributed by atoms with E-state index in [1.807, 2.05) is 0 Å². The minimum absolute atomic E-state index is 0. The van der Waals surface area contributed by atoms with Gasteiger partial charge in [0, 0.05) is 0 Å². The molecule has 9 heavy (non-hydrogen) atoms. The molecule has 0 aromatic heterocycles. The van der Waals surface area contributed by atoms with Crippen molar-refractivity contribution in [2.75, 3.05) is 0 Å². The van der Waals surface area contributed by atoms with Gasteiger partial charge in [-0.15, -0.1) is 0 Å². The van der Waals surface area contributed by atoms with Crippen LogP contribution < -0.4 is 15.1 Å². The van der Waals surface area contributed by atoms with Crippen LogP contribution in [-0.4, -0.2) is 41.1 Å². The predicted molar refractivity (Wildman–Crippen MR) is 22.3 cm³/mol.